The molecule has 2 fully saturated rings. The van der Waals surface area contributed by atoms with Crippen molar-refractivity contribution in [1.82, 2.24) is 20.0 Å². The summed E-state index contributed by atoms with van der Waals surface area (Å²) in [6.07, 6.45) is 1.57. The lowest BCUT2D eigenvalue weighted by Gasteiger charge is -2.42. The van der Waals surface area contributed by atoms with Gasteiger partial charge in [0.15, 0.2) is 5.54 Å². The molecule has 0 bridgehead atoms. The minimum Gasteiger partial charge on any atom is -0.497 e. The first-order valence-corrected chi connectivity index (χ1v) is 18.2. The molecule has 50 heavy (non-hydrogen) atoms. The lowest BCUT2D eigenvalue weighted by atomic mass is 9.83. The normalized spacial score (nSPS) is 20.4. The fourth-order valence-electron chi connectivity index (χ4n) is 7.19. The number of sulfonamides is 1. The molecule has 3 aromatic carbocycles. The van der Waals surface area contributed by atoms with Gasteiger partial charge in [0, 0.05) is 62.5 Å². The maximum atomic E-state index is 15.2. The zero-order chi connectivity index (χ0) is 35.6. The van der Waals surface area contributed by atoms with E-state index >= 15 is 4.79 Å². The highest BCUT2D eigenvalue weighted by Crippen LogP contribution is 2.51. The van der Waals surface area contributed by atoms with E-state index in [4.69, 9.17) is 18.9 Å². The van der Waals surface area contributed by atoms with Crippen molar-refractivity contribution in [2.45, 2.75) is 36.2 Å². The summed E-state index contributed by atoms with van der Waals surface area (Å²) in [5.41, 5.74) is -1.42. The summed E-state index contributed by atoms with van der Waals surface area (Å²) in [5, 5.41) is 3.06. The van der Waals surface area contributed by atoms with Crippen molar-refractivity contribution < 1.29 is 37.0 Å². The SMILES string of the molecule is CCOc1ccccc1C1(NC(=O)N2CCC(N3CCN(C)CC3)CC2)C(=O)N(S(=O)(=O)c2ccc(OC)cc2OC)c2ccc(OC)cc21. The molecule has 13 nitrogen and oxygen atoms in total. The zero-order valence-electron chi connectivity index (χ0n) is 29.2. The maximum absolute atomic E-state index is 15.2. The summed E-state index contributed by atoms with van der Waals surface area (Å²) in [7, 11) is 1.78. The molecule has 0 radical (unpaired) electrons. The number of nitrogens with zero attached hydrogens (tertiary/aromatic N) is 4. The molecule has 3 aromatic rings. The van der Waals surface area contributed by atoms with Gasteiger partial charge in [-0.3, -0.25) is 9.69 Å². The van der Waals surface area contributed by atoms with E-state index in [9.17, 15) is 13.2 Å². The van der Waals surface area contributed by atoms with Crippen molar-refractivity contribution in [3.63, 3.8) is 0 Å². The van der Waals surface area contributed by atoms with Crippen LogP contribution in [0.4, 0.5) is 10.5 Å². The second-order valence-electron chi connectivity index (χ2n) is 12.6. The predicted molar refractivity (Wildman–Crippen MR) is 188 cm³/mol. The molecule has 3 amide bonds. The van der Waals surface area contributed by atoms with E-state index in [2.05, 4.69) is 22.2 Å². The lowest BCUT2D eigenvalue weighted by Crippen LogP contribution is -2.59. The number of methoxy groups -OCH3 is 3. The van der Waals surface area contributed by atoms with Crippen molar-refractivity contribution >= 4 is 27.6 Å². The number of urea groups is 1. The van der Waals surface area contributed by atoms with Crippen molar-refractivity contribution in [1.29, 1.82) is 0 Å². The van der Waals surface area contributed by atoms with E-state index in [1.54, 1.807) is 41.3 Å². The van der Waals surface area contributed by atoms with Crippen LogP contribution in [-0.4, -0.2) is 115 Å². The van der Waals surface area contributed by atoms with Crippen LogP contribution < -0.4 is 28.6 Å². The minimum absolute atomic E-state index is 0.00770. The van der Waals surface area contributed by atoms with E-state index in [1.165, 1.54) is 45.6 Å². The first kappa shape index (κ1) is 35.3. The molecule has 14 heteroatoms. The Hall–Kier alpha value is -4.53. The number of anilines is 1. The number of benzene rings is 3. The summed E-state index contributed by atoms with van der Waals surface area (Å²) >= 11 is 0. The Labute approximate surface area is 293 Å². The second-order valence-corrected chi connectivity index (χ2v) is 14.4. The van der Waals surface area contributed by atoms with Gasteiger partial charge in [-0.1, -0.05) is 18.2 Å². The number of piperazine rings is 1. The number of hydrogen-bond donors (Lipinski definition) is 1. The van der Waals surface area contributed by atoms with E-state index in [0.29, 0.717) is 41.9 Å². The number of hydrogen-bond acceptors (Lipinski definition) is 10. The summed E-state index contributed by atoms with van der Waals surface area (Å²) in [5.74, 6) is 0.172. The quantitative estimate of drug-likeness (QED) is 0.334. The molecule has 268 valence electrons. The fraction of sp³-hybridized carbons (Fsp3) is 0.444. The van der Waals surface area contributed by atoms with Crippen molar-refractivity contribution in [2.24, 2.45) is 0 Å². The molecule has 0 aromatic heterocycles. The van der Waals surface area contributed by atoms with Crippen LogP contribution in [-0.2, 0) is 20.4 Å². The van der Waals surface area contributed by atoms with Gasteiger partial charge in [0.25, 0.3) is 15.9 Å². The van der Waals surface area contributed by atoms with Gasteiger partial charge < -0.3 is 34.1 Å². The van der Waals surface area contributed by atoms with Crippen LogP contribution in [0.25, 0.3) is 0 Å². The van der Waals surface area contributed by atoms with E-state index in [1.807, 2.05) is 6.92 Å². The zero-order valence-corrected chi connectivity index (χ0v) is 30.0. The fourth-order valence-corrected chi connectivity index (χ4v) is 8.79. The van der Waals surface area contributed by atoms with Crippen LogP contribution in [0.5, 0.6) is 23.0 Å². The van der Waals surface area contributed by atoms with Gasteiger partial charge in [0.05, 0.1) is 33.6 Å². The number of likely N-dealkylation sites (N-methyl/N-ethyl adjacent to an activating group) is 1. The lowest BCUT2D eigenvalue weighted by molar-refractivity contribution is -0.121. The van der Waals surface area contributed by atoms with Crippen LogP contribution in [0.2, 0.25) is 0 Å². The molecule has 0 aliphatic carbocycles. The number of rotatable bonds is 10. The first-order valence-electron chi connectivity index (χ1n) is 16.8. The molecule has 1 unspecified atom stereocenters. The van der Waals surface area contributed by atoms with Crippen molar-refractivity contribution in [2.75, 3.05) is 78.6 Å². The van der Waals surface area contributed by atoms with Crippen LogP contribution in [0, 0.1) is 0 Å². The molecule has 3 aliphatic heterocycles. The van der Waals surface area contributed by atoms with Crippen LogP contribution in [0.15, 0.2) is 65.6 Å². The molecule has 1 N–H and O–H groups in total. The number of para-hydroxylation sites is 1. The summed E-state index contributed by atoms with van der Waals surface area (Å²) in [6, 6.07) is 15.7. The summed E-state index contributed by atoms with van der Waals surface area (Å²) in [4.78, 5) is 35.9. The molecule has 0 saturated carbocycles. The molecule has 2 saturated heterocycles. The van der Waals surface area contributed by atoms with Gasteiger partial charge in [-0.05, 0) is 63.2 Å². The number of carbonyl (C=O) groups is 2. The van der Waals surface area contributed by atoms with E-state index < -0.39 is 27.5 Å². The third kappa shape index (κ3) is 6.20. The molecular weight excluding hydrogens is 662 g/mol. The number of nitrogens with one attached hydrogen (secondary N) is 1. The number of amides is 3. The Morgan fingerprint density at radius 3 is 2.16 bits per heavy atom. The summed E-state index contributed by atoms with van der Waals surface area (Å²) in [6.45, 7) is 7.04. The highest BCUT2D eigenvalue weighted by molar-refractivity contribution is 7.93. The minimum atomic E-state index is -4.63. The predicted octanol–water partition coefficient (Wildman–Crippen LogP) is 3.51. The van der Waals surface area contributed by atoms with Crippen molar-refractivity contribution in [3.05, 3.63) is 71.8 Å². The monoisotopic (exact) mass is 707 g/mol. The number of likely N-dealkylation sites (tertiary alicyclic amines) is 1. The Morgan fingerprint density at radius 1 is 0.840 bits per heavy atom. The Balaban J connectivity index is 1.45. The summed E-state index contributed by atoms with van der Waals surface area (Å²) < 4.78 is 52.4. The highest BCUT2D eigenvalue weighted by Gasteiger charge is 2.59. The van der Waals surface area contributed by atoms with Crippen LogP contribution >= 0.6 is 0 Å². The molecule has 0 spiro atoms. The molecule has 1 atom stereocenters. The van der Waals surface area contributed by atoms with Gasteiger partial charge in [-0.15, -0.1) is 0 Å². The van der Waals surface area contributed by atoms with Gasteiger partial charge >= 0.3 is 6.03 Å². The highest BCUT2D eigenvalue weighted by atomic mass is 32.2. The third-order valence-electron chi connectivity index (χ3n) is 9.91. The van der Waals surface area contributed by atoms with E-state index in [-0.39, 0.29) is 28.5 Å². The average Bonchev–Trinajstić information content (AvgIpc) is 3.39. The number of ether oxygens (including phenoxy) is 4. The van der Waals surface area contributed by atoms with Gasteiger partial charge in [-0.2, -0.15) is 4.31 Å². The second kappa shape index (κ2) is 14.4. The van der Waals surface area contributed by atoms with Gasteiger partial charge in [0.2, 0.25) is 0 Å². The van der Waals surface area contributed by atoms with Crippen molar-refractivity contribution in [3.8, 4) is 23.0 Å². The van der Waals surface area contributed by atoms with E-state index in [0.717, 1.165) is 43.3 Å². The smallest absolute Gasteiger partial charge is 0.318 e. The third-order valence-corrected chi connectivity index (χ3v) is 11.6. The van der Waals surface area contributed by atoms with Gasteiger partial charge in [0.1, 0.15) is 27.9 Å². The Morgan fingerprint density at radius 2 is 1.50 bits per heavy atom. The molecule has 6 rings (SSSR count). The van der Waals surface area contributed by atoms with Gasteiger partial charge in [-0.25, -0.2) is 13.2 Å². The number of fused-ring (bicyclic) bond motifs is 1. The topological polar surface area (TPSA) is 130 Å². The first-order chi connectivity index (χ1) is 24.1. The standard InChI is InChI=1S/C36H45N5O8S/c1-6-49-31-10-8-7-9-28(31)36(37-35(43)40-17-15-25(16-18-40)39-21-19-38(2)20-22-39)29-23-26(46-3)11-13-30(29)41(34(36)42)50(44,45)33-14-12-27(47-4)24-32(33)48-5/h7-14,23-25H,6,15-22H2,1-5H3,(H,37,43). The Bertz CT molecular complexity index is 1840. The Kier molecular flexibility index (Phi) is 10.1. The van der Waals surface area contributed by atoms with Crippen LogP contribution in [0.1, 0.15) is 30.9 Å². The van der Waals surface area contributed by atoms with Crippen LogP contribution in [0.3, 0.4) is 0 Å². The maximum Gasteiger partial charge on any atom is 0.318 e. The molecule has 3 aliphatic rings. The number of piperidine rings is 1. The number of carbonyl (C=O) groups excluding carboxylic acids is 2. The largest absolute Gasteiger partial charge is 0.497 e. The molecule has 3 heterocycles. The average molecular weight is 708 g/mol. The molecular formula is C36H45N5O8S.